The van der Waals surface area contributed by atoms with Gasteiger partial charge in [-0.25, -0.2) is 0 Å². The Labute approximate surface area is 122 Å². The van der Waals surface area contributed by atoms with Crippen molar-refractivity contribution in [3.63, 3.8) is 0 Å². The second-order valence-electron chi connectivity index (χ2n) is 6.42. The van der Waals surface area contributed by atoms with Crippen LogP contribution in [0.15, 0.2) is 22.8 Å². The third kappa shape index (κ3) is 2.92. The Balaban J connectivity index is 2.13. The highest BCUT2D eigenvalue weighted by Gasteiger charge is 2.41. The van der Waals surface area contributed by atoms with Crippen LogP contribution in [0.3, 0.4) is 0 Å². The van der Waals surface area contributed by atoms with Crippen molar-refractivity contribution in [3.05, 3.63) is 24.2 Å². The topological polar surface area (TPSA) is 45.6 Å². The summed E-state index contributed by atoms with van der Waals surface area (Å²) in [5.41, 5.74) is 6.66. The minimum atomic E-state index is 0.102. The van der Waals surface area contributed by atoms with E-state index in [4.69, 9.17) is 10.2 Å². The molecule has 1 aromatic rings. The largest absolute Gasteiger partial charge is 0.468 e. The third-order valence-electron chi connectivity index (χ3n) is 4.96. The Bertz CT molecular complexity index is 398. The Morgan fingerprint density at radius 3 is 2.45 bits per heavy atom. The van der Waals surface area contributed by atoms with Crippen LogP contribution in [0.5, 0.6) is 0 Å². The molecular formula is C16H29N3O. The lowest BCUT2D eigenvalue weighted by atomic mass is 9.75. The van der Waals surface area contributed by atoms with Gasteiger partial charge in [-0.1, -0.05) is 6.92 Å². The number of furan rings is 1. The van der Waals surface area contributed by atoms with Gasteiger partial charge in [0.25, 0.3) is 0 Å². The monoisotopic (exact) mass is 279 g/mol. The number of nitrogens with zero attached hydrogens (tertiary/aromatic N) is 2. The third-order valence-corrected chi connectivity index (χ3v) is 4.96. The minimum absolute atomic E-state index is 0.102. The van der Waals surface area contributed by atoms with Gasteiger partial charge in [0.05, 0.1) is 12.3 Å². The zero-order chi connectivity index (χ0) is 14.8. The average molecular weight is 279 g/mol. The first-order valence-corrected chi connectivity index (χ1v) is 7.67. The second kappa shape index (κ2) is 6.29. The van der Waals surface area contributed by atoms with E-state index in [1.54, 1.807) is 6.26 Å². The fourth-order valence-corrected chi connectivity index (χ4v) is 3.33. The number of nitrogens with two attached hydrogens (primary N) is 1. The van der Waals surface area contributed by atoms with Crippen LogP contribution >= 0.6 is 0 Å². The van der Waals surface area contributed by atoms with E-state index in [0.717, 1.165) is 18.7 Å². The normalized spacial score (nSPS) is 20.9. The van der Waals surface area contributed by atoms with E-state index in [9.17, 15) is 0 Å². The van der Waals surface area contributed by atoms with Gasteiger partial charge >= 0.3 is 0 Å². The molecule has 0 amide bonds. The summed E-state index contributed by atoms with van der Waals surface area (Å²) in [4.78, 5) is 4.76. The molecule has 0 bridgehead atoms. The quantitative estimate of drug-likeness (QED) is 0.833. The lowest BCUT2D eigenvalue weighted by Gasteiger charge is -2.50. The molecule has 1 saturated carbocycles. The lowest BCUT2D eigenvalue weighted by molar-refractivity contribution is 0.00899. The Hall–Kier alpha value is -0.840. The van der Waals surface area contributed by atoms with Crippen molar-refractivity contribution in [2.45, 2.75) is 50.2 Å². The SMILES string of the molecule is CCC(N)C(c1ccco1)N(C)CC1(N(C)C)CCC1. The summed E-state index contributed by atoms with van der Waals surface area (Å²) in [5, 5.41) is 0. The molecule has 0 spiro atoms. The number of likely N-dealkylation sites (N-methyl/N-ethyl adjacent to an activating group) is 2. The first kappa shape index (κ1) is 15.5. The van der Waals surface area contributed by atoms with Crippen LogP contribution < -0.4 is 5.73 Å². The van der Waals surface area contributed by atoms with Crippen LogP contribution in [-0.2, 0) is 0 Å². The summed E-state index contributed by atoms with van der Waals surface area (Å²) >= 11 is 0. The van der Waals surface area contributed by atoms with Gasteiger partial charge in [0, 0.05) is 18.1 Å². The van der Waals surface area contributed by atoms with Crippen molar-refractivity contribution in [2.75, 3.05) is 27.7 Å². The summed E-state index contributed by atoms with van der Waals surface area (Å²) in [5.74, 6) is 0.982. The molecule has 1 aromatic heterocycles. The minimum Gasteiger partial charge on any atom is -0.468 e. The van der Waals surface area contributed by atoms with E-state index in [0.29, 0.717) is 5.54 Å². The smallest absolute Gasteiger partial charge is 0.122 e. The highest BCUT2D eigenvalue weighted by atomic mass is 16.3. The van der Waals surface area contributed by atoms with Crippen LogP contribution in [0.25, 0.3) is 0 Å². The molecule has 0 radical (unpaired) electrons. The number of rotatable bonds is 7. The maximum Gasteiger partial charge on any atom is 0.122 e. The average Bonchev–Trinajstić information content (AvgIpc) is 2.87. The molecule has 1 aliphatic carbocycles. The van der Waals surface area contributed by atoms with Crippen molar-refractivity contribution < 1.29 is 4.42 Å². The van der Waals surface area contributed by atoms with E-state index in [-0.39, 0.29) is 12.1 Å². The zero-order valence-electron chi connectivity index (χ0n) is 13.3. The number of hydrogen-bond acceptors (Lipinski definition) is 4. The zero-order valence-corrected chi connectivity index (χ0v) is 13.3. The summed E-state index contributed by atoms with van der Waals surface area (Å²) in [6.45, 7) is 3.18. The van der Waals surface area contributed by atoms with Gasteiger partial charge in [-0.2, -0.15) is 0 Å². The molecule has 1 fully saturated rings. The molecule has 4 nitrogen and oxygen atoms in total. The predicted molar refractivity (Wildman–Crippen MR) is 82.6 cm³/mol. The van der Waals surface area contributed by atoms with E-state index >= 15 is 0 Å². The molecule has 2 atom stereocenters. The molecule has 2 unspecified atom stereocenters. The molecule has 0 aromatic carbocycles. The maximum absolute atomic E-state index is 6.35. The molecule has 2 rings (SSSR count). The fraction of sp³-hybridized carbons (Fsp3) is 0.750. The first-order chi connectivity index (χ1) is 9.50. The molecule has 1 heterocycles. The van der Waals surface area contributed by atoms with E-state index in [1.165, 1.54) is 19.3 Å². The van der Waals surface area contributed by atoms with E-state index in [1.807, 2.05) is 12.1 Å². The van der Waals surface area contributed by atoms with Gasteiger partial charge < -0.3 is 15.1 Å². The molecule has 0 saturated heterocycles. The van der Waals surface area contributed by atoms with Crippen molar-refractivity contribution >= 4 is 0 Å². The van der Waals surface area contributed by atoms with Crippen LogP contribution in [0.1, 0.15) is 44.4 Å². The van der Waals surface area contributed by atoms with Crippen LogP contribution in [0.4, 0.5) is 0 Å². The van der Waals surface area contributed by atoms with E-state index < -0.39 is 0 Å². The van der Waals surface area contributed by atoms with Gasteiger partial charge in [0.1, 0.15) is 5.76 Å². The summed E-state index contributed by atoms with van der Waals surface area (Å²) in [7, 11) is 6.55. The second-order valence-corrected chi connectivity index (χ2v) is 6.42. The highest BCUT2D eigenvalue weighted by Crippen LogP contribution is 2.38. The fourth-order valence-electron chi connectivity index (χ4n) is 3.33. The van der Waals surface area contributed by atoms with Gasteiger partial charge in [0.15, 0.2) is 0 Å². The lowest BCUT2D eigenvalue weighted by Crippen LogP contribution is -2.58. The number of hydrogen-bond donors (Lipinski definition) is 1. The molecule has 4 heteroatoms. The molecule has 114 valence electrons. The summed E-state index contributed by atoms with van der Waals surface area (Å²) in [6.07, 6.45) is 6.57. The van der Waals surface area contributed by atoms with Gasteiger partial charge in [-0.05, 0) is 59.0 Å². The van der Waals surface area contributed by atoms with E-state index in [2.05, 4.69) is 37.9 Å². The molecule has 1 aliphatic rings. The van der Waals surface area contributed by atoms with Gasteiger partial charge in [-0.3, -0.25) is 4.90 Å². The molecule has 0 aliphatic heterocycles. The van der Waals surface area contributed by atoms with Gasteiger partial charge in [-0.15, -0.1) is 0 Å². The van der Waals surface area contributed by atoms with Crippen LogP contribution in [0.2, 0.25) is 0 Å². The van der Waals surface area contributed by atoms with Crippen molar-refractivity contribution in [2.24, 2.45) is 5.73 Å². The Morgan fingerprint density at radius 1 is 1.35 bits per heavy atom. The predicted octanol–water partition coefficient (Wildman–Crippen LogP) is 2.47. The molecule has 2 N–H and O–H groups in total. The summed E-state index contributed by atoms with van der Waals surface area (Å²) < 4.78 is 5.63. The van der Waals surface area contributed by atoms with Crippen molar-refractivity contribution in [1.29, 1.82) is 0 Å². The first-order valence-electron chi connectivity index (χ1n) is 7.67. The standard InChI is InChI=1S/C16H29N3O/c1-5-13(17)15(14-8-6-11-20-14)19(4)12-16(18(2)3)9-7-10-16/h6,8,11,13,15H,5,7,9-10,12,17H2,1-4H3. The van der Waals surface area contributed by atoms with Gasteiger partial charge in [0.2, 0.25) is 0 Å². The highest BCUT2D eigenvalue weighted by molar-refractivity contribution is 5.09. The summed E-state index contributed by atoms with van der Waals surface area (Å²) in [6, 6.07) is 4.25. The molecule has 20 heavy (non-hydrogen) atoms. The Morgan fingerprint density at radius 2 is 2.05 bits per heavy atom. The van der Waals surface area contributed by atoms with Crippen LogP contribution in [-0.4, -0.2) is 49.1 Å². The molecular weight excluding hydrogens is 250 g/mol. The Kier molecular flexibility index (Phi) is 4.89. The van der Waals surface area contributed by atoms with Crippen molar-refractivity contribution in [1.82, 2.24) is 9.80 Å². The van der Waals surface area contributed by atoms with Crippen LogP contribution in [0, 0.1) is 0 Å². The maximum atomic E-state index is 6.35. The van der Waals surface area contributed by atoms with Crippen molar-refractivity contribution in [3.8, 4) is 0 Å².